The number of nitrogens with one attached hydrogen (secondary N) is 1. The van der Waals surface area contributed by atoms with Gasteiger partial charge in [0.2, 0.25) is 11.8 Å². The number of morpholine rings is 1. The Morgan fingerprint density at radius 3 is 2.87 bits per heavy atom. The number of pyridine rings is 1. The van der Waals surface area contributed by atoms with Gasteiger partial charge >= 0.3 is 0 Å². The summed E-state index contributed by atoms with van der Waals surface area (Å²) in [7, 11) is 1.90. The van der Waals surface area contributed by atoms with Crippen LogP contribution in [0.3, 0.4) is 0 Å². The Bertz CT molecular complexity index is 523. The van der Waals surface area contributed by atoms with E-state index in [4.69, 9.17) is 4.74 Å². The monoisotopic (exact) mass is 320 g/mol. The van der Waals surface area contributed by atoms with Crippen molar-refractivity contribution in [3.05, 3.63) is 30.1 Å². The van der Waals surface area contributed by atoms with E-state index < -0.39 is 0 Å². The van der Waals surface area contributed by atoms with Gasteiger partial charge in [-0.1, -0.05) is 0 Å². The van der Waals surface area contributed by atoms with Gasteiger partial charge in [0.05, 0.1) is 19.3 Å². The van der Waals surface area contributed by atoms with E-state index >= 15 is 0 Å². The molecule has 1 N–H and O–H groups in total. The third-order valence-corrected chi connectivity index (χ3v) is 3.73. The molecule has 1 fully saturated rings. The van der Waals surface area contributed by atoms with Crippen LogP contribution in [-0.2, 0) is 20.9 Å². The summed E-state index contributed by atoms with van der Waals surface area (Å²) < 4.78 is 5.58. The predicted octanol–water partition coefficient (Wildman–Crippen LogP) is -0.123. The molecular formula is C16H24N4O3. The summed E-state index contributed by atoms with van der Waals surface area (Å²) in [6, 6.07) is 3.86. The summed E-state index contributed by atoms with van der Waals surface area (Å²) in [5.74, 6) is -0.00758. The fourth-order valence-corrected chi connectivity index (χ4v) is 2.51. The molecule has 0 aromatic carbocycles. The molecule has 2 amide bonds. The largest absolute Gasteiger partial charge is 0.373 e. The average molecular weight is 320 g/mol. The molecule has 7 heteroatoms. The molecule has 1 atom stereocenters. The summed E-state index contributed by atoms with van der Waals surface area (Å²) >= 11 is 0. The summed E-state index contributed by atoms with van der Waals surface area (Å²) in [4.78, 5) is 31.0. The molecular weight excluding hydrogens is 296 g/mol. The van der Waals surface area contributed by atoms with Gasteiger partial charge in [0.25, 0.3) is 0 Å². The third kappa shape index (κ3) is 5.96. The van der Waals surface area contributed by atoms with Crippen LogP contribution in [0.1, 0.15) is 12.5 Å². The minimum Gasteiger partial charge on any atom is -0.373 e. The molecule has 1 aromatic rings. The molecule has 23 heavy (non-hydrogen) atoms. The van der Waals surface area contributed by atoms with Gasteiger partial charge in [0.15, 0.2) is 0 Å². The Kier molecular flexibility index (Phi) is 6.49. The molecule has 1 aliphatic heterocycles. The fourth-order valence-electron chi connectivity index (χ4n) is 2.51. The lowest BCUT2D eigenvalue weighted by atomic mass is 10.2. The first kappa shape index (κ1) is 17.4. The lowest BCUT2D eigenvalue weighted by Crippen LogP contribution is -2.49. The van der Waals surface area contributed by atoms with Crippen molar-refractivity contribution in [2.75, 3.05) is 39.8 Å². The predicted molar refractivity (Wildman–Crippen MR) is 85.6 cm³/mol. The molecule has 0 bridgehead atoms. The molecule has 0 unspecified atom stereocenters. The number of carbonyl (C=O) groups excluding carboxylic acids is 2. The zero-order chi connectivity index (χ0) is 16.7. The van der Waals surface area contributed by atoms with Gasteiger partial charge in [-0.3, -0.25) is 19.5 Å². The molecule has 1 saturated heterocycles. The van der Waals surface area contributed by atoms with Crippen LogP contribution in [-0.4, -0.2) is 72.5 Å². The highest BCUT2D eigenvalue weighted by Gasteiger charge is 2.22. The van der Waals surface area contributed by atoms with Crippen molar-refractivity contribution in [2.45, 2.75) is 19.6 Å². The van der Waals surface area contributed by atoms with Gasteiger partial charge in [-0.15, -0.1) is 0 Å². The normalized spacial score (nSPS) is 18.0. The number of carbonyl (C=O) groups is 2. The lowest BCUT2D eigenvalue weighted by molar-refractivity contribution is -0.136. The number of hydrogen-bond acceptors (Lipinski definition) is 5. The van der Waals surface area contributed by atoms with Crippen LogP contribution in [0.5, 0.6) is 0 Å². The average Bonchev–Trinajstić information content (AvgIpc) is 2.54. The van der Waals surface area contributed by atoms with Crippen molar-refractivity contribution in [2.24, 2.45) is 0 Å². The number of likely N-dealkylation sites (N-methyl/N-ethyl adjacent to an activating group) is 1. The number of nitrogens with zero attached hydrogens (tertiary/aromatic N) is 3. The van der Waals surface area contributed by atoms with Gasteiger partial charge < -0.3 is 15.0 Å². The summed E-state index contributed by atoms with van der Waals surface area (Å²) in [6.07, 6.45) is 3.34. The minimum absolute atomic E-state index is 0.0433. The fraction of sp³-hybridized carbons (Fsp3) is 0.562. The van der Waals surface area contributed by atoms with E-state index in [-0.39, 0.29) is 17.9 Å². The molecule has 1 aliphatic rings. The van der Waals surface area contributed by atoms with Crippen molar-refractivity contribution in [1.82, 2.24) is 20.1 Å². The first-order valence-corrected chi connectivity index (χ1v) is 7.76. The highest BCUT2D eigenvalue weighted by atomic mass is 16.5. The van der Waals surface area contributed by atoms with Crippen molar-refractivity contribution < 1.29 is 14.3 Å². The second-order valence-corrected chi connectivity index (χ2v) is 5.79. The van der Waals surface area contributed by atoms with E-state index in [1.807, 2.05) is 24.1 Å². The number of aromatic nitrogens is 1. The zero-order valence-corrected chi connectivity index (χ0v) is 13.7. The van der Waals surface area contributed by atoms with E-state index in [9.17, 15) is 9.59 Å². The molecule has 0 aliphatic carbocycles. The minimum atomic E-state index is -0.137. The molecule has 0 radical (unpaired) electrons. The van der Waals surface area contributed by atoms with Gasteiger partial charge in [0.1, 0.15) is 0 Å². The number of hydrogen-bond donors (Lipinski definition) is 1. The van der Waals surface area contributed by atoms with Crippen molar-refractivity contribution >= 4 is 11.8 Å². The van der Waals surface area contributed by atoms with Gasteiger partial charge in [0, 0.05) is 45.5 Å². The maximum Gasteiger partial charge on any atom is 0.234 e. The molecule has 0 saturated carbocycles. The second kappa shape index (κ2) is 8.59. The number of amides is 2. The molecule has 2 heterocycles. The van der Waals surface area contributed by atoms with Crippen LogP contribution in [0.2, 0.25) is 0 Å². The third-order valence-electron chi connectivity index (χ3n) is 3.73. The first-order valence-electron chi connectivity index (χ1n) is 7.76. The van der Waals surface area contributed by atoms with E-state index in [1.165, 1.54) is 0 Å². The van der Waals surface area contributed by atoms with Crippen LogP contribution in [0, 0.1) is 0 Å². The van der Waals surface area contributed by atoms with E-state index in [0.717, 1.165) is 5.56 Å². The molecule has 0 spiro atoms. The van der Waals surface area contributed by atoms with Crippen LogP contribution in [0.4, 0.5) is 0 Å². The van der Waals surface area contributed by atoms with Crippen molar-refractivity contribution in [1.29, 1.82) is 0 Å². The van der Waals surface area contributed by atoms with Gasteiger partial charge in [-0.05, 0) is 24.7 Å². The maximum atomic E-state index is 12.0. The molecule has 126 valence electrons. The SMILES string of the molecule is CC(=O)N1CCO[C@H](CNC(=O)CN(C)Cc2ccncc2)C1. The number of rotatable bonds is 6. The van der Waals surface area contributed by atoms with E-state index in [2.05, 4.69) is 10.3 Å². The van der Waals surface area contributed by atoms with E-state index in [1.54, 1.807) is 24.2 Å². The Labute approximate surface area is 136 Å². The van der Waals surface area contributed by atoms with Gasteiger partial charge in [-0.2, -0.15) is 0 Å². The van der Waals surface area contributed by atoms with Crippen LogP contribution in [0.15, 0.2) is 24.5 Å². The topological polar surface area (TPSA) is 74.8 Å². The summed E-state index contributed by atoms with van der Waals surface area (Å²) in [6.45, 7) is 4.64. The highest BCUT2D eigenvalue weighted by molar-refractivity contribution is 5.78. The van der Waals surface area contributed by atoms with Crippen LogP contribution in [0.25, 0.3) is 0 Å². The zero-order valence-electron chi connectivity index (χ0n) is 13.7. The maximum absolute atomic E-state index is 12.0. The quantitative estimate of drug-likeness (QED) is 0.791. The Balaban J connectivity index is 1.69. The standard InChI is InChI=1S/C16H24N4O3/c1-13(21)20-7-8-23-15(11-20)9-18-16(22)12-19(2)10-14-3-5-17-6-4-14/h3-6,15H,7-12H2,1-2H3,(H,18,22)/t15-/m1/s1. The Hall–Kier alpha value is -1.99. The Morgan fingerprint density at radius 2 is 2.17 bits per heavy atom. The van der Waals surface area contributed by atoms with Crippen molar-refractivity contribution in [3.63, 3.8) is 0 Å². The molecule has 2 rings (SSSR count). The summed E-state index contributed by atoms with van der Waals surface area (Å²) in [5.41, 5.74) is 1.11. The highest BCUT2D eigenvalue weighted by Crippen LogP contribution is 2.05. The smallest absolute Gasteiger partial charge is 0.234 e. The molecule has 7 nitrogen and oxygen atoms in total. The Morgan fingerprint density at radius 1 is 1.43 bits per heavy atom. The summed E-state index contributed by atoms with van der Waals surface area (Å²) in [5, 5.41) is 2.87. The van der Waals surface area contributed by atoms with Gasteiger partial charge in [-0.25, -0.2) is 0 Å². The number of ether oxygens (including phenoxy) is 1. The van der Waals surface area contributed by atoms with E-state index in [0.29, 0.717) is 39.3 Å². The lowest BCUT2D eigenvalue weighted by Gasteiger charge is -2.32. The first-order chi connectivity index (χ1) is 11.0. The second-order valence-electron chi connectivity index (χ2n) is 5.79. The molecule has 1 aromatic heterocycles. The van der Waals surface area contributed by atoms with Crippen LogP contribution >= 0.6 is 0 Å². The van der Waals surface area contributed by atoms with Crippen molar-refractivity contribution in [3.8, 4) is 0 Å². The van der Waals surface area contributed by atoms with Crippen LogP contribution < -0.4 is 5.32 Å².